The molecule has 0 spiro atoms. The third-order valence-electron chi connectivity index (χ3n) is 6.16. The van der Waals surface area contributed by atoms with Crippen LogP contribution in [0.5, 0.6) is 0 Å². The minimum absolute atomic E-state index is 0.0122. The molecule has 0 radical (unpaired) electrons. The normalized spacial score (nSPS) is 31.5. The molecule has 0 aromatic carbocycles. The summed E-state index contributed by atoms with van der Waals surface area (Å²) in [6.07, 6.45) is 1.93. The highest BCUT2D eigenvalue weighted by Gasteiger charge is 2.61. The van der Waals surface area contributed by atoms with E-state index in [0.717, 1.165) is 0 Å². The number of carboxylic acids is 1. The van der Waals surface area contributed by atoms with Crippen molar-refractivity contribution in [1.82, 2.24) is 35.3 Å². The van der Waals surface area contributed by atoms with Crippen molar-refractivity contribution >= 4 is 29.5 Å². The van der Waals surface area contributed by atoms with E-state index >= 15 is 0 Å². The van der Waals surface area contributed by atoms with Crippen LogP contribution < -0.4 is 5.32 Å². The van der Waals surface area contributed by atoms with E-state index in [1.54, 1.807) is 19.0 Å². The maximum Gasteiger partial charge on any atom is 0.353 e. The van der Waals surface area contributed by atoms with E-state index in [-0.39, 0.29) is 46.8 Å². The van der Waals surface area contributed by atoms with Gasteiger partial charge >= 0.3 is 5.97 Å². The molecule has 1 aromatic heterocycles. The van der Waals surface area contributed by atoms with E-state index in [2.05, 4.69) is 20.7 Å². The quantitative estimate of drug-likeness (QED) is 0.570. The smallest absolute Gasteiger partial charge is 0.353 e. The minimum Gasteiger partial charge on any atom is -0.477 e. The highest BCUT2D eigenvalue weighted by molar-refractivity contribution is 8.03. The van der Waals surface area contributed by atoms with Crippen LogP contribution in [0.1, 0.15) is 26.3 Å². The zero-order valence-corrected chi connectivity index (χ0v) is 18.0. The van der Waals surface area contributed by atoms with Crippen molar-refractivity contribution in [3.8, 4) is 0 Å². The van der Waals surface area contributed by atoms with Crippen molar-refractivity contribution in [2.75, 3.05) is 20.6 Å². The molecule has 162 valence electrons. The molecule has 2 N–H and O–H groups in total. The Hall–Kier alpha value is -2.47. The third-order valence-corrected chi connectivity index (χ3v) is 7.67. The molecule has 0 saturated carbocycles. The molecule has 1 aromatic rings. The number of carbonyl (C=O) groups excluding carboxylic acids is 2. The number of amides is 2. The average Bonchev–Trinajstić information content (AvgIpc) is 3.42. The number of nitrogens with zero attached hydrogens (tertiary/aromatic N) is 6. The first-order valence-corrected chi connectivity index (χ1v) is 10.7. The van der Waals surface area contributed by atoms with Crippen LogP contribution >= 0.6 is 11.8 Å². The largest absolute Gasteiger partial charge is 0.477 e. The highest BCUT2D eigenvalue weighted by Crippen LogP contribution is 2.53. The van der Waals surface area contributed by atoms with Crippen molar-refractivity contribution in [1.29, 1.82) is 0 Å². The van der Waals surface area contributed by atoms with Gasteiger partial charge in [0.25, 0.3) is 0 Å². The van der Waals surface area contributed by atoms with E-state index in [1.807, 2.05) is 13.8 Å². The van der Waals surface area contributed by atoms with Gasteiger partial charge in [-0.1, -0.05) is 6.92 Å². The molecule has 0 aliphatic carbocycles. The van der Waals surface area contributed by atoms with Gasteiger partial charge in [-0.15, -0.1) is 22.0 Å². The summed E-state index contributed by atoms with van der Waals surface area (Å²) in [5.41, 5.74) is 0.0693. The summed E-state index contributed by atoms with van der Waals surface area (Å²) >= 11 is 1.47. The summed E-state index contributed by atoms with van der Waals surface area (Å²) in [6.45, 7) is 4.42. The molecule has 2 saturated heterocycles. The van der Waals surface area contributed by atoms with E-state index in [9.17, 15) is 19.5 Å². The summed E-state index contributed by atoms with van der Waals surface area (Å²) in [6, 6.07) is -0.841. The van der Waals surface area contributed by atoms with E-state index in [1.165, 1.54) is 27.8 Å². The number of tetrazole rings is 1. The molecule has 3 aliphatic heterocycles. The number of carbonyl (C=O) groups is 3. The Morgan fingerprint density at radius 1 is 1.40 bits per heavy atom. The van der Waals surface area contributed by atoms with Gasteiger partial charge in [-0.25, -0.2) is 4.79 Å². The molecule has 2 fully saturated rings. The summed E-state index contributed by atoms with van der Waals surface area (Å²) in [7, 11) is 3.44. The molecular formula is C18H25N7O4S. The maximum atomic E-state index is 12.9. The topological polar surface area (TPSA) is 134 Å². The van der Waals surface area contributed by atoms with Gasteiger partial charge in [0.05, 0.1) is 24.0 Å². The first kappa shape index (κ1) is 20.8. The van der Waals surface area contributed by atoms with Gasteiger partial charge in [0.2, 0.25) is 11.8 Å². The van der Waals surface area contributed by atoms with Gasteiger partial charge in [-0.2, -0.15) is 4.80 Å². The molecule has 30 heavy (non-hydrogen) atoms. The predicted octanol–water partition coefficient (Wildman–Crippen LogP) is -0.441. The van der Waals surface area contributed by atoms with Gasteiger partial charge in [-0.05, 0) is 18.6 Å². The SMILES string of the molecule is CC([C@H]1C(=O)N2C(C(=O)O)=C(S[C@@H]3CN[C@H](C(=O)N(C)C)C3)[C@H](C)[C@H]12)n1ncnn1. The number of aliphatic carboxylic acids is 1. The monoisotopic (exact) mass is 435 g/mol. The number of hydrogen-bond donors (Lipinski definition) is 2. The molecular weight excluding hydrogens is 410 g/mol. The zero-order chi connectivity index (χ0) is 21.7. The molecule has 12 heteroatoms. The van der Waals surface area contributed by atoms with Crippen LogP contribution in [0.3, 0.4) is 0 Å². The Kier molecular flexibility index (Phi) is 5.30. The molecule has 4 rings (SSSR count). The third kappa shape index (κ3) is 3.18. The lowest BCUT2D eigenvalue weighted by molar-refractivity contribution is -0.159. The number of rotatable bonds is 6. The standard InChI is InChI=1S/C18H25N7O4S/c1-8-13-12(9(2)25-21-7-20-22-25)17(27)24(13)14(18(28)29)15(8)30-10-5-11(19-6-10)16(26)23(3)4/h7-13,19H,5-6H2,1-4H3,(H,28,29)/t8-,9?,10+,11+,12-,13-/m1/s1. The van der Waals surface area contributed by atoms with Crippen LogP contribution in [-0.4, -0.2) is 90.9 Å². The fourth-order valence-corrected chi connectivity index (χ4v) is 6.14. The molecule has 0 bridgehead atoms. The van der Waals surface area contributed by atoms with Crippen molar-refractivity contribution in [3.05, 3.63) is 16.9 Å². The number of carboxylic acid groups (broad SMARTS) is 1. The first-order valence-electron chi connectivity index (χ1n) is 9.86. The number of aromatic nitrogens is 4. The number of β-lactam (4-membered cyclic amide) rings is 1. The number of thioether (sulfide) groups is 1. The van der Waals surface area contributed by atoms with Gasteiger partial charge in [0.1, 0.15) is 5.70 Å². The van der Waals surface area contributed by atoms with Gasteiger partial charge in [0, 0.05) is 36.7 Å². The van der Waals surface area contributed by atoms with Crippen LogP contribution in [0.25, 0.3) is 0 Å². The van der Waals surface area contributed by atoms with E-state index in [4.69, 9.17) is 0 Å². The highest BCUT2D eigenvalue weighted by atomic mass is 32.2. The molecule has 3 aliphatic rings. The first-order chi connectivity index (χ1) is 14.2. The van der Waals surface area contributed by atoms with Crippen LogP contribution in [0.4, 0.5) is 0 Å². The van der Waals surface area contributed by atoms with Crippen molar-refractivity contribution in [2.24, 2.45) is 11.8 Å². The minimum atomic E-state index is -1.10. The molecule has 6 atom stereocenters. The fourth-order valence-electron chi connectivity index (χ4n) is 4.66. The van der Waals surface area contributed by atoms with Crippen molar-refractivity contribution < 1.29 is 19.5 Å². The summed E-state index contributed by atoms with van der Waals surface area (Å²) < 4.78 is 0. The van der Waals surface area contributed by atoms with Crippen LogP contribution in [0.15, 0.2) is 16.9 Å². The van der Waals surface area contributed by atoms with E-state index < -0.39 is 11.9 Å². The Morgan fingerprint density at radius 3 is 2.73 bits per heavy atom. The van der Waals surface area contributed by atoms with Gasteiger partial charge in [-0.3, -0.25) is 9.59 Å². The second-order valence-corrected chi connectivity index (χ2v) is 9.54. The molecule has 2 amide bonds. The molecule has 4 heterocycles. The van der Waals surface area contributed by atoms with Gasteiger partial charge in [0.15, 0.2) is 6.33 Å². The number of likely N-dealkylation sites (N-methyl/N-ethyl adjacent to an activating group) is 1. The van der Waals surface area contributed by atoms with Crippen LogP contribution in [0, 0.1) is 11.8 Å². The molecule has 1 unspecified atom stereocenters. The number of nitrogens with one attached hydrogen (secondary N) is 1. The van der Waals surface area contributed by atoms with Crippen LogP contribution in [-0.2, 0) is 14.4 Å². The summed E-state index contributed by atoms with van der Waals surface area (Å²) in [5, 5.41) is 24.8. The Labute approximate surface area is 177 Å². The van der Waals surface area contributed by atoms with Crippen LogP contribution in [0.2, 0.25) is 0 Å². The molecule has 11 nitrogen and oxygen atoms in total. The van der Waals surface area contributed by atoms with E-state index in [0.29, 0.717) is 17.9 Å². The second-order valence-electron chi connectivity index (χ2n) is 8.20. The Morgan fingerprint density at radius 2 is 2.13 bits per heavy atom. The fraction of sp³-hybridized carbons (Fsp3) is 0.667. The van der Waals surface area contributed by atoms with Gasteiger partial charge < -0.3 is 20.2 Å². The second kappa shape index (κ2) is 7.65. The van der Waals surface area contributed by atoms with Crippen molar-refractivity contribution in [3.63, 3.8) is 0 Å². The lowest BCUT2D eigenvalue weighted by Crippen LogP contribution is -2.62. The lowest BCUT2D eigenvalue weighted by atomic mass is 9.78. The zero-order valence-electron chi connectivity index (χ0n) is 17.2. The Bertz CT molecular complexity index is 902. The number of hydrogen-bond acceptors (Lipinski definition) is 8. The maximum absolute atomic E-state index is 12.9. The predicted molar refractivity (Wildman–Crippen MR) is 107 cm³/mol. The summed E-state index contributed by atoms with van der Waals surface area (Å²) in [4.78, 5) is 42.3. The average molecular weight is 436 g/mol. The summed E-state index contributed by atoms with van der Waals surface area (Å²) in [5.74, 6) is -1.85. The number of fused-ring (bicyclic) bond motifs is 1. The Balaban J connectivity index is 1.53. The lowest BCUT2D eigenvalue weighted by Gasteiger charge is -2.47. The van der Waals surface area contributed by atoms with Crippen molar-refractivity contribution in [2.45, 2.75) is 43.6 Å².